The van der Waals surface area contributed by atoms with Crippen molar-refractivity contribution in [3.05, 3.63) is 63.8 Å². The molecule has 0 radical (unpaired) electrons. The van der Waals surface area contributed by atoms with Crippen LogP contribution in [0.15, 0.2) is 52.6 Å². The van der Waals surface area contributed by atoms with E-state index in [0.29, 0.717) is 6.54 Å². The summed E-state index contributed by atoms with van der Waals surface area (Å²) in [4.78, 5) is 12.8. The van der Waals surface area contributed by atoms with Crippen molar-refractivity contribution in [3.8, 4) is 5.75 Å². The summed E-state index contributed by atoms with van der Waals surface area (Å²) in [5, 5.41) is 12.3. The molecule has 0 aliphatic heterocycles. The first-order chi connectivity index (χ1) is 8.75. The molecule has 18 heavy (non-hydrogen) atoms. The molecule has 0 amide bonds. The van der Waals surface area contributed by atoms with Gasteiger partial charge in [0.05, 0.1) is 11.9 Å². The van der Waals surface area contributed by atoms with Crippen LogP contribution in [0.4, 0.5) is 0 Å². The molecule has 0 aliphatic rings. The lowest BCUT2D eigenvalue weighted by Gasteiger charge is -2.08. The molecule has 1 N–H and O–H groups in total. The van der Waals surface area contributed by atoms with Gasteiger partial charge >= 0.3 is 0 Å². The van der Waals surface area contributed by atoms with E-state index in [1.165, 1.54) is 17.4 Å². The van der Waals surface area contributed by atoms with Crippen LogP contribution >= 0.6 is 11.3 Å². The second-order valence-electron chi connectivity index (χ2n) is 4.08. The zero-order valence-corrected chi connectivity index (χ0v) is 10.4. The molecule has 0 unspecified atom stereocenters. The Labute approximate surface area is 108 Å². The Hall–Kier alpha value is -2.07. The molecule has 0 aliphatic carbocycles. The highest BCUT2D eigenvalue weighted by Crippen LogP contribution is 2.27. The van der Waals surface area contributed by atoms with Crippen molar-refractivity contribution in [3.63, 3.8) is 0 Å². The monoisotopic (exact) mass is 257 g/mol. The van der Waals surface area contributed by atoms with Gasteiger partial charge in [-0.05, 0) is 17.0 Å². The second-order valence-corrected chi connectivity index (χ2v) is 4.97. The first kappa shape index (κ1) is 11.0. The molecule has 2 aromatic heterocycles. The van der Waals surface area contributed by atoms with Crippen LogP contribution in [0.25, 0.3) is 10.2 Å². The van der Waals surface area contributed by atoms with Crippen molar-refractivity contribution in [2.75, 3.05) is 0 Å². The molecule has 0 atom stereocenters. The Morgan fingerprint density at radius 2 is 1.94 bits per heavy atom. The molecule has 3 rings (SSSR count). The standard InChI is InChI=1S/C14H11NO2S/c16-12-8-13(17)15(14-11(12)6-7-18-14)9-10-4-2-1-3-5-10/h1-8,16H,9H2. The summed E-state index contributed by atoms with van der Waals surface area (Å²) in [6.07, 6.45) is 0. The summed E-state index contributed by atoms with van der Waals surface area (Å²) < 4.78 is 1.69. The van der Waals surface area contributed by atoms with E-state index in [9.17, 15) is 9.90 Å². The van der Waals surface area contributed by atoms with Crippen LogP contribution in [0.1, 0.15) is 5.56 Å². The van der Waals surface area contributed by atoms with E-state index in [1.54, 1.807) is 4.57 Å². The highest BCUT2D eigenvalue weighted by atomic mass is 32.1. The zero-order valence-electron chi connectivity index (χ0n) is 9.54. The predicted octanol–water partition coefficient (Wildman–Crippen LogP) is 2.82. The van der Waals surface area contributed by atoms with Gasteiger partial charge in [0, 0.05) is 6.07 Å². The molecular weight excluding hydrogens is 246 g/mol. The minimum Gasteiger partial charge on any atom is -0.507 e. The summed E-state index contributed by atoms with van der Waals surface area (Å²) in [7, 11) is 0. The average molecular weight is 257 g/mol. The molecule has 4 heteroatoms. The Morgan fingerprint density at radius 1 is 1.17 bits per heavy atom. The molecule has 0 fully saturated rings. The summed E-state index contributed by atoms with van der Waals surface area (Å²) >= 11 is 1.46. The topological polar surface area (TPSA) is 42.2 Å². The number of hydrogen-bond acceptors (Lipinski definition) is 3. The molecule has 90 valence electrons. The largest absolute Gasteiger partial charge is 0.507 e. The lowest BCUT2D eigenvalue weighted by atomic mass is 10.2. The maximum absolute atomic E-state index is 12.0. The number of rotatable bonds is 2. The quantitative estimate of drug-likeness (QED) is 0.767. The second kappa shape index (κ2) is 4.31. The normalized spacial score (nSPS) is 10.9. The van der Waals surface area contributed by atoms with E-state index in [4.69, 9.17) is 0 Å². The van der Waals surface area contributed by atoms with Crippen molar-refractivity contribution in [1.29, 1.82) is 0 Å². The van der Waals surface area contributed by atoms with E-state index < -0.39 is 0 Å². The highest BCUT2D eigenvalue weighted by molar-refractivity contribution is 7.16. The molecule has 0 spiro atoms. The third-order valence-electron chi connectivity index (χ3n) is 2.88. The fourth-order valence-corrected chi connectivity index (χ4v) is 2.91. The number of benzene rings is 1. The van der Waals surface area contributed by atoms with Crippen LogP contribution in [-0.2, 0) is 6.54 Å². The summed E-state index contributed by atoms with van der Waals surface area (Å²) in [5.74, 6) is 0.0561. The molecule has 1 aromatic carbocycles. The van der Waals surface area contributed by atoms with Gasteiger partial charge in [0.15, 0.2) is 0 Å². The molecule has 0 saturated carbocycles. The van der Waals surface area contributed by atoms with E-state index in [0.717, 1.165) is 15.8 Å². The fraction of sp³-hybridized carbons (Fsp3) is 0.0714. The van der Waals surface area contributed by atoms with Gasteiger partial charge in [-0.1, -0.05) is 30.3 Å². The summed E-state index contributed by atoms with van der Waals surface area (Å²) in [6, 6.07) is 12.9. The van der Waals surface area contributed by atoms with E-state index in [-0.39, 0.29) is 11.3 Å². The molecule has 0 saturated heterocycles. The van der Waals surface area contributed by atoms with Gasteiger partial charge in [-0.15, -0.1) is 11.3 Å². The lowest BCUT2D eigenvalue weighted by Crippen LogP contribution is -2.19. The number of aromatic hydroxyl groups is 1. The number of hydrogen-bond donors (Lipinski definition) is 1. The van der Waals surface area contributed by atoms with Gasteiger partial charge in [0.1, 0.15) is 10.6 Å². The molecule has 3 nitrogen and oxygen atoms in total. The van der Waals surface area contributed by atoms with Gasteiger partial charge in [-0.25, -0.2) is 0 Å². The first-order valence-corrected chi connectivity index (χ1v) is 6.47. The Kier molecular flexibility index (Phi) is 2.64. The maximum Gasteiger partial charge on any atom is 0.255 e. The number of nitrogens with zero attached hydrogens (tertiary/aromatic N) is 1. The smallest absolute Gasteiger partial charge is 0.255 e. The van der Waals surface area contributed by atoms with Crippen molar-refractivity contribution in [2.24, 2.45) is 0 Å². The van der Waals surface area contributed by atoms with Crippen LogP contribution in [0.3, 0.4) is 0 Å². The third-order valence-corrected chi connectivity index (χ3v) is 3.81. The van der Waals surface area contributed by atoms with Crippen LogP contribution in [0.2, 0.25) is 0 Å². The molecular formula is C14H11NO2S. The fourth-order valence-electron chi connectivity index (χ4n) is 1.99. The highest BCUT2D eigenvalue weighted by Gasteiger charge is 2.09. The van der Waals surface area contributed by atoms with E-state index in [1.807, 2.05) is 41.8 Å². The predicted molar refractivity (Wildman–Crippen MR) is 73.3 cm³/mol. The minimum absolute atomic E-state index is 0.0561. The van der Waals surface area contributed by atoms with Crippen LogP contribution in [-0.4, -0.2) is 9.67 Å². The Morgan fingerprint density at radius 3 is 2.72 bits per heavy atom. The summed E-state index contributed by atoms with van der Waals surface area (Å²) in [5.41, 5.74) is 0.895. The maximum atomic E-state index is 12.0. The number of pyridine rings is 1. The van der Waals surface area contributed by atoms with Gasteiger partial charge in [0.25, 0.3) is 5.56 Å². The van der Waals surface area contributed by atoms with Crippen LogP contribution < -0.4 is 5.56 Å². The van der Waals surface area contributed by atoms with Crippen molar-refractivity contribution < 1.29 is 5.11 Å². The molecule has 0 bridgehead atoms. The minimum atomic E-state index is -0.175. The van der Waals surface area contributed by atoms with Crippen molar-refractivity contribution in [2.45, 2.75) is 6.54 Å². The number of aromatic nitrogens is 1. The summed E-state index contributed by atoms with van der Waals surface area (Å²) in [6.45, 7) is 0.525. The average Bonchev–Trinajstić information content (AvgIpc) is 2.85. The Bertz CT molecular complexity index is 743. The SMILES string of the molecule is O=c1cc(O)c2ccsc2n1Cc1ccccc1. The van der Waals surface area contributed by atoms with Gasteiger partial charge in [0.2, 0.25) is 0 Å². The molecule has 2 heterocycles. The molecule has 3 aromatic rings. The Balaban J connectivity index is 2.17. The van der Waals surface area contributed by atoms with Crippen molar-refractivity contribution in [1.82, 2.24) is 4.57 Å². The lowest BCUT2D eigenvalue weighted by molar-refractivity contribution is 0.479. The van der Waals surface area contributed by atoms with E-state index >= 15 is 0 Å². The third kappa shape index (κ3) is 1.80. The van der Waals surface area contributed by atoms with Gasteiger partial charge < -0.3 is 5.11 Å². The van der Waals surface area contributed by atoms with Crippen LogP contribution in [0, 0.1) is 0 Å². The number of fused-ring (bicyclic) bond motifs is 1. The van der Waals surface area contributed by atoms with Gasteiger partial charge in [-0.3, -0.25) is 9.36 Å². The zero-order chi connectivity index (χ0) is 12.5. The van der Waals surface area contributed by atoms with Gasteiger partial charge in [-0.2, -0.15) is 0 Å². The van der Waals surface area contributed by atoms with Crippen LogP contribution in [0.5, 0.6) is 5.75 Å². The van der Waals surface area contributed by atoms with Crippen molar-refractivity contribution >= 4 is 21.6 Å². The number of thiophene rings is 1. The van der Waals surface area contributed by atoms with E-state index in [2.05, 4.69) is 0 Å². The first-order valence-electron chi connectivity index (χ1n) is 5.59.